The highest BCUT2D eigenvalue weighted by molar-refractivity contribution is 5.31. The topological polar surface area (TPSA) is 47.0 Å². The predicted molar refractivity (Wildman–Crippen MR) is 81.0 cm³/mol. The molecule has 4 nitrogen and oxygen atoms in total. The van der Waals surface area contributed by atoms with Gasteiger partial charge in [0.1, 0.15) is 11.6 Å². The first-order chi connectivity index (χ1) is 9.74. The number of benzene rings is 1. The van der Waals surface area contributed by atoms with Gasteiger partial charge in [0.25, 0.3) is 0 Å². The molecule has 0 saturated carbocycles. The minimum Gasteiger partial charge on any atom is -0.493 e. The Morgan fingerprint density at radius 1 is 1.15 bits per heavy atom. The van der Waals surface area contributed by atoms with Gasteiger partial charge in [-0.1, -0.05) is 26.0 Å². The Morgan fingerprint density at radius 2 is 1.95 bits per heavy atom. The largest absolute Gasteiger partial charge is 0.493 e. The SMILES string of the molecule is CC(C)COc1ccc(CCNc2cnccn2)cc1. The molecular weight excluding hydrogens is 250 g/mol. The van der Waals surface area contributed by atoms with E-state index in [1.54, 1.807) is 18.6 Å². The van der Waals surface area contributed by atoms with E-state index in [1.165, 1.54) is 5.56 Å². The summed E-state index contributed by atoms with van der Waals surface area (Å²) in [6, 6.07) is 8.27. The molecule has 2 aromatic rings. The van der Waals surface area contributed by atoms with Crippen LogP contribution in [0.25, 0.3) is 0 Å². The van der Waals surface area contributed by atoms with Crippen molar-refractivity contribution in [2.24, 2.45) is 5.92 Å². The normalized spacial score (nSPS) is 10.6. The van der Waals surface area contributed by atoms with Crippen LogP contribution in [0, 0.1) is 5.92 Å². The van der Waals surface area contributed by atoms with Crippen molar-refractivity contribution in [3.8, 4) is 5.75 Å². The van der Waals surface area contributed by atoms with Gasteiger partial charge in [-0.15, -0.1) is 0 Å². The van der Waals surface area contributed by atoms with E-state index in [2.05, 4.69) is 41.3 Å². The molecule has 0 aliphatic heterocycles. The van der Waals surface area contributed by atoms with Crippen LogP contribution in [0.2, 0.25) is 0 Å². The first kappa shape index (κ1) is 14.3. The molecule has 0 bridgehead atoms. The Hall–Kier alpha value is -2.10. The van der Waals surface area contributed by atoms with Gasteiger partial charge in [-0.3, -0.25) is 4.98 Å². The lowest BCUT2D eigenvalue weighted by atomic mass is 10.1. The van der Waals surface area contributed by atoms with Crippen molar-refractivity contribution in [3.05, 3.63) is 48.4 Å². The smallest absolute Gasteiger partial charge is 0.144 e. The summed E-state index contributed by atoms with van der Waals surface area (Å²) < 4.78 is 5.66. The van der Waals surface area contributed by atoms with Crippen molar-refractivity contribution in [2.75, 3.05) is 18.5 Å². The summed E-state index contributed by atoms with van der Waals surface area (Å²) in [5, 5.41) is 3.24. The van der Waals surface area contributed by atoms with Crippen LogP contribution >= 0.6 is 0 Å². The fourth-order valence-corrected chi connectivity index (χ4v) is 1.74. The standard InChI is InChI=1S/C16H21N3O/c1-13(2)12-20-15-5-3-14(4-6-15)7-8-18-16-11-17-9-10-19-16/h3-6,9-11,13H,7-8,12H2,1-2H3,(H,18,19). The van der Waals surface area contributed by atoms with E-state index in [1.807, 2.05) is 12.1 Å². The number of anilines is 1. The fraction of sp³-hybridized carbons (Fsp3) is 0.375. The lowest BCUT2D eigenvalue weighted by Gasteiger charge is -2.09. The molecule has 1 heterocycles. The van der Waals surface area contributed by atoms with Crippen LogP contribution in [0.4, 0.5) is 5.82 Å². The molecule has 0 spiro atoms. The fourth-order valence-electron chi connectivity index (χ4n) is 1.74. The quantitative estimate of drug-likeness (QED) is 0.840. The average Bonchev–Trinajstić information content (AvgIpc) is 2.47. The molecule has 1 N–H and O–H groups in total. The molecule has 0 radical (unpaired) electrons. The first-order valence-corrected chi connectivity index (χ1v) is 6.95. The Labute approximate surface area is 120 Å². The van der Waals surface area contributed by atoms with Crippen LogP contribution in [0.15, 0.2) is 42.9 Å². The minimum atomic E-state index is 0.547. The molecular formula is C16H21N3O. The maximum absolute atomic E-state index is 5.66. The second-order valence-corrected chi connectivity index (χ2v) is 5.12. The van der Waals surface area contributed by atoms with Crippen LogP contribution in [0.1, 0.15) is 19.4 Å². The Bertz CT molecular complexity index is 497. The zero-order valence-electron chi connectivity index (χ0n) is 12.0. The van der Waals surface area contributed by atoms with Gasteiger partial charge in [-0.05, 0) is 30.0 Å². The molecule has 106 valence electrons. The van der Waals surface area contributed by atoms with Crippen molar-refractivity contribution >= 4 is 5.82 Å². The summed E-state index contributed by atoms with van der Waals surface area (Å²) >= 11 is 0. The monoisotopic (exact) mass is 271 g/mol. The van der Waals surface area contributed by atoms with Gasteiger partial charge >= 0.3 is 0 Å². The Morgan fingerprint density at radius 3 is 2.60 bits per heavy atom. The number of hydrogen-bond acceptors (Lipinski definition) is 4. The average molecular weight is 271 g/mol. The summed E-state index contributed by atoms with van der Waals surface area (Å²) in [5.41, 5.74) is 1.28. The summed E-state index contributed by atoms with van der Waals surface area (Å²) in [4.78, 5) is 8.19. The molecule has 1 aromatic heterocycles. The summed E-state index contributed by atoms with van der Waals surface area (Å²) in [6.45, 7) is 5.89. The lowest BCUT2D eigenvalue weighted by Crippen LogP contribution is -2.07. The second kappa shape index (κ2) is 7.48. The van der Waals surface area contributed by atoms with Crippen molar-refractivity contribution in [1.29, 1.82) is 0 Å². The molecule has 0 aliphatic rings. The van der Waals surface area contributed by atoms with E-state index in [0.29, 0.717) is 5.92 Å². The molecule has 20 heavy (non-hydrogen) atoms. The van der Waals surface area contributed by atoms with E-state index in [0.717, 1.165) is 31.1 Å². The molecule has 1 aromatic carbocycles. The van der Waals surface area contributed by atoms with Gasteiger partial charge in [0, 0.05) is 18.9 Å². The third-order valence-electron chi connectivity index (χ3n) is 2.79. The van der Waals surface area contributed by atoms with Gasteiger partial charge in [-0.25, -0.2) is 4.98 Å². The molecule has 0 amide bonds. The number of aromatic nitrogens is 2. The van der Waals surface area contributed by atoms with Crippen LogP contribution < -0.4 is 10.1 Å². The highest BCUT2D eigenvalue weighted by Gasteiger charge is 1.98. The zero-order valence-corrected chi connectivity index (χ0v) is 12.0. The van der Waals surface area contributed by atoms with Gasteiger partial charge in [-0.2, -0.15) is 0 Å². The van der Waals surface area contributed by atoms with Crippen LogP contribution in [0.3, 0.4) is 0 Å². The number of nitrogens with one attached hydrogen (secondary N) is 1. The third-order valence-corrected chi connectivity index (χ3v) is 2.79. The molecule has 0 aliphatic carbocycles. The van der Waals surface area contributed by atoms with E-state index in [9.17, 15) is 0 Å². The zero-order chi connectivity index (χ0) is 14.2. The maximum Gasteiger partial charge on any atom is 0.144 e. The minimum absolute atomic E-state index is 0.547. The van der Waals surface area contributed by atoms with Crippen LogP contribution in [-0.4, -0.2) is 23.1 Å². The van der Waals surface area contributed by atoms with Crippen molar-refractivity contribution in [3.63, 3.8) is 0 Å². The summed E-state index contributed by atoms with van der Waals surface area (Å²) in [5.74, 6) is 2.29. The third kappa shape index (κ3) is 4.88. The van der Waals surface area contributed by atoms with Gasteiger partial charge in [0.15, 0.2) is 0 Å². The number of nitrogens with zero attached hydrogens (tertiary/aromatic N) is 2. The molecule has 0 fully saturated rings. The number of rotatable bonds is 7. The molecule has 0 unspecified atom stereocenters. The maximum atomic E-state index is 5.66. The van der Waals surface area contributed by atoms with Crippen molar-refractivity contribution in [1.82, 2.24) is 9.97 Å². The molecule has 2 rings (SSSR count). The summed E-state index contributed by atoms with van der Waals surface area (Å²) in [7, 11) is 0. The Balaban J connectivity index is 1.76. The van der Waals surface area contributed by atoms with Gasteiger partial charge in [0.2, 0.25) is 0 Å². The first-order valence-electron chi connectivity index (χ1n) is 6.95. The molecule has 4 heteroatoms. The van der Waals surface area contributed by atoms with Crippen molar-refractivity contribution < 1.29 is 4.74 Å². The predicted octanol–water partition coefficient (Wildman–Crippen LogP) is 3.17. The van der Waals surface area contributed by atoms with Crippen LogP contribution in [-0.2, 0) is 6.42 Å². The van der Waals surface area contributed by atoms with Gasteiger partial charge in [0.05, 0.1) is 12.8 Å². The van der Waals surface area contributed by atoms with Crippen molar-refractivity contribution in [2.45, 2.75) is 20.3 Å². The highest BCUT2D eigenvalue weighted by atomic mass is 16.5. The second-order valence-electron chi connectivity index (χ2n) is 5.12. The lowest BCUT2D eigenvalue weighted by molar-refractivity contribution is 0.271. The summed E-state index contributed by atoms with van der Waals surface area (Å²) in [6.07, 6.45) is 6.02. The molecule has 0 atom stereocenters. The van der Waals surface area contributed by atoms with E-state index in [4.69, 9.17) is 4.74 Å². The van der Waals surface area contributed by atoms with E-state index >= 15 is 0 Å². The molecule has 0 saturated heterocycles. The number of ether oxygens (including phenoxy) is 1. The van der Waals surface area contributed by atoms with E-state index < -0.39 is 0 Å². The highest BCUT2D eigenvalue weighted by Crippen LogP contribution is 2.13. The van der Waals surface area contributed by atoms with E-state index in [-0.39, 0.29) is 0 Å². The Kier molecular flexibility index (Phi) is 5.35. The van der Waals surface area contributed by atoms with Crippen LogP contribution in [0.5, 0.6) is 5.75 Å². The number of hydrogen-bond donors (Lipinski definition) is 1. The van der Waals surface area contributed by atoms with Gasteiger partial charge < -0.3 is 10.1 Å².